The van der Waals surface area contributed by atoms with E-state index < -0.39 is 15.6 Å². The van der Waals surface area contributed by atoms with Crippen molar-refractivity contribution in [3.63, 3.8) is 0 Å². The van der Waals surface area contributed by atoms with Crippen LogP contribution < -0.4 is 4.90 Å². The van der Waals surface area contributed by atoms with Gasteiger partial charge in [0, 0.05) is 24.9 Å². The van der Waals surface area contributed by atoms with Gasteiger partial charge >= 0.3 is 5.76 Å². The fourth-order valence-electron chi connectivity index (χ4n) is 3.34. The minimum Gasteiger partial charge on any atom is -0.370 e. The second-order valence-electron chi connectivity index (χ2n) is 6.80. The molecule has 2 fully saturated rings. The second kappa shape index (κ2) is 6.61. The molecule has 0 radical (unpaired) electrons. The van der Waals surface area contributed by atoms with Gasteiger partial charge in [-0.15, -0.1) is 0 Å². The number of aromatic nitrogens is 2. The lowest BCUT2D eigenvalue weighted by atomic mass is 9.96. The van der Waals surface area contributed by atoms with Crippen LogP contribution in [0.2, 0.25) is 0 Å². The number of sulfone groups is 1. The predicted octanol–water partition coefficient (Wildman–Crippen LogP) is 3.33. The van der Waals surface area contributed by atoms with Crippen molar-refractivity contribution in [1.82, 2.24) is 10.1 Å². The first kappa shape index (κ1) is 17.4. The molecule has 0 amide bonds. The summed E-state index contributed by atoms with van der Waals surface area (Å²) in [6.07, 6.45) is 3.62. The number of halogens is 2. The molecule has 1 saturated carbocycles. The number of piperidine rings is 1. The summed E-state index contributed by atoms with van der Waals surface area (Å²) in [4.78, 5) is 6.01. The summed E-state index contributed by atoms with van der Waals surface area (Å²) in [7, 11) is -4.64. The minimum absolute atomic E-state index is 0.140. The van der Waals surface area contributed by atoms with Crippen molar-refractivity contribution in [3.8, 4) is 0 Å². The summed E-state index contributed by atoms with van der Waals surface area (Å²) < 4.78 is 55.1. The van der Waals surface area contributed by atoms with Crippen LogP contribution in [0.4, 0.5) is 14.5 Å². The highest BCUT2D eigenvalue weighted by Gasteiger charge is 2.34. The molecule has 0 bridgehead atoms. The number of hydrogen-bond acceptors (Lipinski definition) is 6. The van der Waals surface area contributed by atoms with Gasteiger partial charge in [0.2, 0.25) is 15.7 Å². The van der Waals surface area contributed by atoms with Crippen LogP contribution >= 0.6 is 0 Å². The SMILES string of the molecule is O=S(=O)(c1ccccc1N1CCC(c2noc(C3CC3)n2)CC1)C(F)F. The van der Waals surface area contributed by atoms with Crippen LogP contribution in [0, 0.1) is 0 Å². The summed E-state index contributed by atoms with van der Waals surface area (Å²) in [5.74, 6) is -1.48. The van der Waals surface area contributed by atoms with E-state index in [-0.39, 0.29) is 10.8 Å². The average molecular weight is 383 g/mol. The third kappa shape index (κ3) is 3.20. The molecule has 1 aromatic heterocycles. The number of alkyl halides is 2. The van der Waals surface area contributed by atoms with Crippen LogP contribution in [0.3, 0.4) is 0 Å². The molecule has 1 aliphatic heterocycles. The molecule has 140 valence electrons. The molecule has 0 unspecified atom stereocenters. The maximum Gasteiger partial charge on any atom is 0.341 e. The third-order valence-electron chi connectivity index (χ3n) is 4.99. The number of hydrogen-bond donors (Lipinski definition) is 0. The van der Waals surface area contributed by atoms with Crippen molar-refractivity contribution in [2.24, 2.45) is 0 Å². The maximum atomic E-state index is 13.0. The highest BCUT2D eigenvalue weighted by Crippen LogP contribution is 2.40. The number of benzene rings is 1. The van der Waals surface area contributed by atoms with E-state index in [9.17, 15) is 17.2 Å². The number of nitrogens with zero attached hydrogens (tertiary/aromatic N) is 3. The predicted molar refractivity (Wildman–Crippen MR) is 90.1 cm³/mol. The van der Waals surface area contributed by atoms with Gasteiger partial charge in [-0.3, -0.25) is 0 Å². The van der Waals surface area contributed by atoms with Crippen LogP contribution in [0.1, 0.15) is 49.2 Å². The van der Waals surface area contributed by atoms with Crippen molar-refractivity contribution in [1.29, 1.82) is 0 Å². The van der Waals surface area contributed by atoms with Gasteiger partial charge in [0.1, 0.15) is 0 Å². The normalized spacial score (nSPS) is 19.3. The highest BCUT2D eigenvalue weighted by atomic mass is 32.2. The molecular formula is C17H19F2N3O3S. The Morgan fingerprint density at radius 2 is 1.77 bits per heavy atom. The molecule has 0 spiro atoms. The number of anilines is 1. The lowest BCUT2D eigenvalue weighted by Gasteiger charge is -2.33. The van der Waals surface area contributed by atoms with E-state index >= 15 is 0 Å². The average Bonchev–Trinajstić information content (AvgIpc) is 3.39. The molecule has 0 atom stereocenters. The van der Waals surface area contributed by atoms with E-state index in [1.54, 1.807) is 12.1 Å². The zero-order chi connectivity index (χ0) is 18.3. The van der Waals surface area contributed by atoms with E-state index in [2.05, 4.69) is 10.1 Å². The number of rotatable bonds is 5. The molecule has 1 saturated heterocycles. The molecule has 2 aromatic rings. The van der Waals surface area contributed by atoms with Gasteiger partial charge in [0.15, 0.2) is 5.82 Å². The number of para-hydroxylation sites is 1. The van der Waals surface area contributed by atoms with Gasteiger partial charge in [0.25, 0.3) is 0 Å². The topological polar surface area (TPSA) is 76.3 Å². The molecule has 6 nitrogen and oxygen atoms in total. The van der Waals surface area contributed by atoms with Crippen molar-refractivity contribution < 1.29 is 21.7 Å². The van der Waals surface area contributed by atoms with Crippen molar-refractivity contribution >= 4 is 15.5 Å². The van der Waals surface area contributed by atoms with Crippen LogP contribution in [-0.4, -0.2) is 37.4 Å². The van der Waals surface area contributed by atoms with E-state index in [0.29, 0.717) is 49.3 Å². The summed E-state index contributed by atoms with van der Waals surface area (Å²) in [6, 6.07) is 5.94. The summed E-state index contributed by atoms with van der Waals surface area (Å²) in [5.41, 5.74) is 0.332. The van der Waals surface area contributed by atoms with Gasteiger partial charge in [-0.2, -0.15) is 13.8 Å². The summed E-state index contributed by atoms with van der Waals surface area (Å²) in [6.45, 7) is 1.10. The Kier molecular flexibility index (Phi) is 4.42. The lowest BCUT2D eigenvalue weighted by Crippen LogP contribution is -2.34. The van der Waals surface area contributed by atoms with Crippen LogP contribution in [0.5, 0.6) is 0 Å². The van der Waals surface area contributed by atoms with Crippen LogP contribution in [0.15, 0.2) is 33.7 Å². The maximum absolute atomic E-state index is 13.0. The van der Waals surface area contributed by atoms with Gasteiger partial charge in [-0.1, -0.05) is 17.3 Å². The van der Waals surface area contributed by atoms with Crippen molar-refractivity contribution in [2.75, 3.05) is 18.0 Å². The third-order valence-corrected chi connectivity index (χ3v) is 6.42. The van der Waals surface area contributed by atoms with E-state index in [1.165, 1.54) is 12.1 Å². The lowest BCUT2D eigenvalue weighted by molar-refractivity contribution is 0.234. The van der Waals surface area contributed by atoms with Gasteiger partial charge in [-0.25, -0.2) is 8.42 Å². The van der Waals surface area contributed by atoms with E-state index in [0.717, 1.165) is 12.8 Å². The molecule has 0 N–H and O–H groups in total. The van der Waals surface area contributed by atoms with Gasteiger partial charge in [0.05, 0.1) is 10.6 Å². The molecule has 2 aliphatic rings. The smallest absolute Gasteiger partial charge is 0.341 e. The Labute approximate surface area is 150 Å². The monoisotopic (exact) mass is 383 g/mol. The van der Waals surface area contributed by atoms with Crippen molar-refractivity contribution in [3.05, 3.63) is 36.0 Å². The van der Waals surface area contributed by atoms with Gasteiger partial charge in [-0.05, 0) is 37.8 Å². The Morgan fingerprint density at radius 3 is 2.42 bits per heavy atom. The van der Waals surface area contributed by atoms with E-state index in [4.69, 9.17) is 4.52 Å². The van der Waals surface area contributed by atoms with Crippen LogP contribution in [-0.2, 0) is 9.84 Å². The summed E-state index contributed by atoms with van der Waals surface area (Å²) >= 11 is 0. The molecule has 2 heterocycles. The molecule has 4 rings (SSSR count). The minimum atomic E-state index is -4.64. The largest absolute Gasteiger partial charge is 0.370 e. The van der Waals surface area contributed by atoms with Crippen LogP contribution in [0.25, 0.3) is 0 Å². The quantitative estimate of drug-likeness (QED) is 0.788. The Morgan fingerprint density at radius 1 is 1.08 bits per heavy atom. The van der Waals surface area contributed by atoms with Gasteiger partial charge < -0.3 is 9.42 Å². The fourth-order valence-corrected chi connectivity index (χ4v) is 4.29. The fraction of sp³-hybridized carbons (Fsp3) is 0.529. The van der Waals surface area contributed by atoms with Crippen molar-refractivity contribution in [2.45, 2.75) is 48.2 Å². The zero-order valence-corrected chi connectivity index (χ0v) is 14.8. The molecule has 1 aliphatic carbocycles. The Bertz CT molecular complexity index is 888. The van der Waals surface area contributed by atoms with E-state index in [1.807, 2.05) is 4.90 Å². The first-order valence-corrected chi connectivity index (χ1v) is 10.2. The Balaban J connectivity index is 1.50. The highest BCUT2D eigenvalue weighted by molar-refractivity contribution is 7.91. The molecule has 26 heavy (non-hydrogen) atoms. The standard InChI is InChI=1S/C17H19F2N3O3S/c18-17(19)26(23,24)14-4-2-1-3-13(14)22-9-7-11(8-10-22)15-20-16(25-21-15)12-5-6-12/h1-4,11-12,17H,5-10H2. The Hall–Kier alpha value is -2.03. The molecule has 9 heteroatoms. The molecular weight excluding hydrogens is 364 g/mol. The first-order chi connectivity index (χ1) is 12.5. The first-order valence-electron chi connectivity index (χ1n) is 8.66. The zero-order valence-electron chi connectivity index (χ0n) is 14.0. The summed E-state index contributed by atoms with van der Waals surface area (Å²) in [5, 5.41) is 4.08. The second-order valence-corrected chi connectivity index (χ2v) is 8.69. The molecule has 1 aromatic carbocycles.